The largest absolute Gasteiger partial charge is 0.335 e. The van der Waals surface area contributed by atoms with Gasteiger partial charge >= 0.3 is 6.03 Å². The number of hydrogen-bond acceptors (Lipinski definition) is 3. The van der Waals surface area contributed by atoms with Crippen LogP contribution in [0.25, 0.3) is 0 Å². The van der Waals surface area contributed by atoms with E-state index in [1.807, 2.05) is 20.8 Å². The fourth-order valence-corrected chi connectivity index (χ4v) is 2.21. The summed E-state index contributed by atoms with van der Waals surface area (Å²) in [5.74, 6) is 0.484. The number of hydrogen-bond donors (Lipinski definition) is 2. The van der Waals surface area contributed by atoms with Gasteiger partial charge in [-0.05, 0) is 33.6 Å². The summed E-state index contributed by atoms with van der Waals surface area (Å²) in [4.78, 5) is 15.9. The first-order valence-electron chi connectivity index (χ1n) is 6.45. The Kier molecular flexibility index (Phi) is 3.54. The van der Waals surface area contributed by atoms with E-state index in [0.29, 0.717) is 12.0 Å². The summed E-state index contributed by atoms with van der Waals surface area (Å²) in [6.45, 7) is 6.05. The quantitative estimate of drug-likeness (QED) is 0.845. The van der Waals surface area contributed by atoms with E-state index in [4.69, 9.17) is 0 Å². The number of amides is 2. The highest BCUT2D eigenvalue weighted by atomic mass is 16.2. The van der Waals surface area contributed by atoms with Gasteiger partial charge in [-0.1, -0.05) is 12.8 Å². The van der Waals surface area contributed by atoms with E-state index in [1.54, 1.807) is 4.68 Å². The third-order valence-corrected chi connectivity index (χ3v) is 3.10. The first-order valence-corrected chi connectivity index (χ1v) is 6.45. The summed E-state index contributed by atoms with van der Waals surface area (Å²) >= 11 is 0. The third kappa shape index (κ3) is 3.00. The summed E-state index contributed by atoms with van der Waals surface area (Å²) in [5.41, 5.74) is -0.202. The van der Waals surface area contributed by atoms with Crippen LogP contribution >= 0.6 is 0 Å². The molecule has 1 fully saturated rings. The molecule has 1 aromatic rings. The van der Waals surface area contributed by atoms with Crippen LogP contribution in [0, 0.1) is 0 Å². The lowest BCUT2D eigenvalue weighted by Crippen LogP contribution is -2.37. The van der Waals surface area contributed by atoms with Gasteiger partial charge in [0.25, 0.3) is 0 Å². The Bertz CT molecular complexity index is 414. The maximum atomic E-state index is 11.8. The molecule has 0 unspecified atom stereocenters. The van der Waals surface area contributed by atoms with Crippen molar-refractivity contribution in [3.05, 3.63) is 6.33 Å². The fraction of sp³-hybridized carbons (Fsp3) is 0.750. The van der Waals surface area contributed by atoms with Crippen molar-refractivity contribution in [1.29, 1.82) is 0 Å². The van der Waals surface area contributed by atoms with E-state index in [0.717, 1.165) is 12.8 Å². The normalized spacial score (nSPS) is 16.8. The molecule has 1 saturated carbocycles. The molecular weight excluding hydrogens is 230 g/mol. The van der Waals surface area contributed by atoms with Gasteiger partial charge in [-0.3, -0.25) is 5.32 Å². The lowest BCUT2D eigenvalue weighted by Gasteiger charge is -2.21. The Morgan fingerprint density at radius 1 is 1.39 bits per heavy atom. The number of urea groups is 1. The average molecular weight is 251 g/mol. The van der Waals surface area contributed by atoms with Gasteiger partial charge in [-0.15, -0.1) is 0 Å². The second kappa shape index (κ2) is 4.96. The zero-order valence-corrected chi connectivity index (χ0v) is 11.2. The molecule has 0 spiro atoms. The van der Waals surface area contributed by atoms with Gasteiger partial charge < -0.3 is 5.32 Å². The number of carbonyl (C=O) groups is 1. The van der Waals surface area contributed by atoms with Crippen molar-refractivity contribution in [1.82, 2.24) is 20.1 Å². The molecule has 2 rings (SSSR count). The van der Waals surface area contributed by atoms with Crippen LogP contribution in [0.4, 0.5) is 10.7 Å². The molecule has 0 bridgehead atoms. The Hall–Kier alpha value is -1.59. The van der Waals surface area contributed by atoms with Crippen molar-refractivity contribution in [3.8, 4) is 0 Å². The number of aromatic nitrogens is 3. The minimum Gasteiger partial charge on any atom is -0.335 e. The standard InChI is InChI=1S/C12H21N5O/c1-12(2,3)17-10(13-8-14-17)16-11(18)15-9-6-4-5-7-9/h8-9H,4-7H2,1-3H3,(H2,13,14,15,16,18). The predicted octanol–water partition coefficient (Wildman–Crippen LogP) is 2.10. The molecule has 0 atom stereocenters. The number of carbonyl (C=O) groups excluding carboxylic acids is 1. The van der Waals surface area contributed by atoms with Crippen molar-refractivity contribution in [2.24, 2.45) is 0 Å². The zero-order valence-electron chi connectivity index (χ0n) is 11.2. The summed E-state index contributed by atoms with van der Waals surface area (Å²) in [6, 6.07) is 0.108. The van der Waals surface area contributed by atoms with Gasteiger partial charge in [0.05, 0.1) is 5.54 Å². The Morgan fingerprint density at radius 2 is 2.06 bits per heavy atom. The van der Waals surface area contributed by atoms with Crippen molar-refractivity contribution in [2.75, 3.05) is 5.32 Å². The van der Waals surface area contributed by atoms with Crippen molar-refractivity contribution >= 4 is 12.0 Å². The SMILES string of the molecule is CC(C)(C)n1ncnc1NC(=O)NC1CCCC1. The molecule has 1 heterocycles. The first-order chi connectivity index (χ1) is 8.47. The number of rotatable bonds is 2. The number of nitrogens with zero attached hydrogens (tertiary/aromatic N) is 3. The van der Waals surface area contributed by atoms with Crippen LogP contribution in [0.2, 0.25) is 0 Å². The van der Waals surface area contributed by atoms with Crippen molar-refractivity contribution < 1.29 is 4.79 Å². The van der Waals surface area contributed by atoms with Gasteiger partial charge in [-0.25, -0.2) is 9.48 Å². The highest BCUT2D eigenvalue weighted by Crippen LogP contribution is 2.19. The van der Waals surface area contributed by atoms with E-state index < -0.39 is 0 Å². The number of anilines is 1. The Balaban J connectivity index is 1.96. The second-order valence-electron chi connectivity index (χ2n) is 5.75. The molecular formula is C12H21N5O. The summed E-state index contributed by atoms with van der Waals surface area (Å²) < 4.78 is 1.71. The smallest absolute Gasteiger partial charge is 0.321 e. The molecule has 6 nitrogen and oxygen atoms in total. The van der Waals surface area contributed by atoms with Crippen molar-refractivity contribution in [2.45, 2.75) is 58.0 Å². The molecule has 100 valence electrons. The van der Waals surface area contributed by atoms with Crippen LogP contribution in [0.5, 0.6) is 0 Å². The van der Waals surface area contributed by atoms with Crippen LogP contribution in [-0.2, 0) is 5.54 Å². The van der Waals surface area contributed by atoms with E-state index >= 15 is 0 Å². The van der Waals surface area contributed by atoms with Crippen molar-refractivity contribution in [3.63, 3.8) is 0 Å². The van der Waals surface area contributed by atoms with Gasteiger partial charge in [0.1, 0.15) is 6.33 Å². The van der Waals surface area contributed by atoms with E-state index in [1.165, 1.54) is 19.2 Å². The Morgan fingerprint density at radius 3 is 2.67 bits per heavy atom. The summed E-state index contributed by atoms with van der Waals surface area (Å²) in [6.07, 6.45) is 5.99. The average Bonchev–Trinajstić information content (AvgIpc) is 2.87. The first kappa shape index (κ1) is 12.9. The third-order valence-electron chi connectivity index (χ3n) is 3.10. The van der Waals surface area contributed by atoms with Gasteiger partial charge in [0.2, 0.25) is 5.95 Å². The highest BCUT2D eigenvalue weighted by Gasteiger charge is 2.21. The monoisotopic (exact) mass is 251 g/mol. The minimum absolute atomic E-state index is 0.194. The molecule has 0 aliphatic heterocycles. The van der Waals surface area contributed by atoms with E-state index in [-0.39, 0.29) is 11.6 Å². The lowest BCUT2D eigenvalue weighted by molar-refractivity contribution is 0.248. The van der Waals surface area contributed by atoms with Crippen LogP contribution in [-0.4, -0.2) is 26.8 Å². The van der Waals surface area contributed by atoms with Crippen LogP contribution in [0.1, 0.15) is 46.5 Å². The highest BCUT2D eigenvalue weighted by molar-refractivity contribution is 5.87. The minimum atomic E-state index is -0.202. The maximum Gasteiger partial charge on any atom is 0.321 e. The molecule has 0 aromatic carbocycles. The van der Waals surface area contributed by atoms with Gasteiger partial charge in [-0.2, -0.15) is 10.1 Å². The molecule has 1 aliphatic rings. The second-order valence-corrected chi connectivity index (χ2v) is 5.75. The van der Waals surface area contributed by atoms with Crippen LogP contribution < -0.4 is 10.6 Å². The van der Waals surface area contributed by atoms with E-state index in [9.17, 15) is 4.79 Å². The summed E-state index contributed by atoms with van der Waals surface area (Å²) in [7, 11) is 0. The van der Waals surface area contributed by atoms with Crippen LogP contribution in [0.15, 0.2) is 6.33 Å². The Labute approximate surface area is 107 Å². The van der Waals surface area contributed by atoms with E-state index in [2.05, 4.69) is 20.7 Å². The zero-order chi connectivity index (χ0) is 13.2. The molecule has 1 aromatic heterocycles. The van der Waals surface area contributed by atoms with Gasteiger partial charge in [0.15, 0.2) is 0 Å². The molecule has 6 heteroatoms. The molecule has 2 amide bonds. The summed E-state index contributed by atoms with van der Waals surface area (Å²) in [5, 5.41) is 9.86. The van der Waals surface area contributed by atoms with Crippen LogP contribution in [0.3, 0.4) is 0 Å². The molecule has 1 aliphatic carbocycles. The fourth-order valence-electron chi connectivity index (χ4n) is 2.21. The molecule has 18 heavy (non-hydrogen) atoms. The molecule has 0 saturated heterocycles. The lowest BCUT2D eigenvalue weighted by atomic mass is 10.1. The molecule has 2 N–H and O–H groups in total. The van der Waals surface area contributed by atoms with Gasteiger partial charge in [0, 0.05) is 6.04 Å². The predicted molar refractivity (Wildman–Crippen MR) is 69.4 cm³/mol. The molecule has 0 radical (unpaired) electrons. The number of nitrogens with one attached hydrogen (secondary N) is 2. The topological polar surface area (TPSA) is 71.8 Å². The maximum absolute atomic E-state index is 11.8.